The summed E-state index contributed by atoms with van der Waals surface area (Å²) < 4.78 is 34.1. The molecule has 4 N–H and O–H groups in total. The Bertz CT molecular complexity index is 1400. The van der Waals surface area contributed by atoms with Crippen LogP contribution in [0.15, 0.2) is 85.1 Å². The Morgan fingerprint density at radius 1 is 0.635 bits per heavy atom. The number of likely N-dealkylation sites (N-methyl/N-ethyl adjacent to an activating group) is 1. The number of phosphoric acid groups is 1. The molecule has 0 aliphatic rings. The van der Waals surface area contributed by atoms with Crippen molar-refractivity contribution < 1.29 is 57.4 Å². The molecular formula is C50H87NO11P+. The van der Waals surface area contributed by atoms with E-state index in [1.807, 2.05) is 40.2 Å². The van der Waals surface area contributed by atoms with Crippen LogP contribution >= 0.6 is 7.82 Å². The Morgan fingerprint density at radius 3 is 1.83 bits per heavy atom. The van der Waals surface area contributed by atoms with Crippen molar-refractivity contribution in [2.75, 3.05) is 47.5 Å². The minimum absolute atomic E-state index is 0.0377. The highest BCUT2D eigenvalue weighted by atomic mass is 31.2. The zero-order valence-electron chi connectivity index (χ0n) is 39.6. The van der Waals surface area contributed by atoms with Gasteiger partial charge in [-0.1, -0.05) is 157 Å². The number of aliphatic hydroxyl groups excluding tert-OH is 3. The molecule has 0 spiro atoms. The zero-order chi connectivity index (χ0) is 46.9. The third kappa shape index (κ3) is 42.8. The van der Waals surface area contributed by atoms with Gasteiger partial charge in [-0.25, -0.2) is 4.57 Å². The van der Waals surface area contributed by atoms with E-state index in [-0.39, 0.29) is 38.9 Å². The third-order valence-electron chi connectivity index (χ3n) is 9.75. The standard InChI is InChI=1S/C50H86NO11P/c1-6-8-10-11-12-13-14-15-16-17-18-19-20-21-22-23-24-29-33-39-49(55)59-43-46(44-61-63(57,58)60-42-41-51(3,4)5)62-50(56)40-34-38-48(54)47(53)37-32-28-26-25-27-31-36-45(52)35-30-9-7-2/h9,12-13,15-16,25-28,30-32,36-37,45-48,52-54H,6-8,10-11,14,17-24,29,33-35,38-44H2,1-5H3/p+1/b13-12-,16-15-,27-25+,28-26-,30-9-,36-31+,37-32-/t45-,46+,47+,48+/m0/s1. The quantitative estimate of drug-likeness (QED) is 0.0115. The smallest absolute Gasteiger partial charge is 0.462 e. The summed E-state index contributed by atoms with van der Waals surface area (Å²) in [4.78, 5) is 35.5. The fourth-order valence-electron chi connectivity index (χ4n) is 5.91. The molecule has 0 heterocycles. The first-order valence-electron chi connectivity index (χ1n) is 23.6. The summed E-state index contributed by atoms with van der Waals surface area (Å²) >= 11 is 0. The topological polar surface area (TPSA) is 169 Å². The Hall–Kier alpha value is -2.93. The number of aliphatic hydroxyl groups is 3. The summed E-state index contributed by atoms with van der Waals surface area (Å²) in [6.07, 6.45) is 41.4. The third-order valence-corrected chi connectivity index (χ3v) is 10.7. The largest absolute Gasteiger partial charge is 0.472 e. The monoisotopic (exact) mass is 909 g/mol. The van der Waals surface area contributed by atoms with E-state index in [4.69, 9.17) is 18.5 Å². The zero-order valence-corrected chi connectivity index (χ0v) is 40.5. The van der Waals surface area contributed by atoms with Crippen molar-refractivity contribution in [3.63, 3.8) is 0 Å². The molecule has 0 aromatic heterocycles. The number of phosphoric ester groups is 1. The number of ether oxygens (including phenoxy) is 2. The first kappa shape index (κ1) is 60.1. The first-order chi connectivity index (χ1) is 30.2. The van der Waals surface area contributed by atoms with Crippen LogP contribution in [-0.2, 0) is 32.7 Å². The normalized spacial score (nSPS) is 15.8. The molecule has 0 rings (SSSR count). The average Bonchev–Trinajstić information content (AvgIpc) is 3.23. The molecule has 0 aliphatic carbocycles. The number of hydrogen-bond acceptors (Lipinski definition) is 10. The Labute approximate surface area is 381 Å². The first-order valence-corrected chi connectivity index (χ1v) is 25.1. The van der Waals surface area contributed by atoms with Crippen LogP contribution in [0.4, 0.5) is 0 Å². The van der Waals surface area contributed by atoms with Crippen LogP contribution in [0.2, 0.25) is 0 Å². The predicted octanol–water partition coefficient (Wildman–Crippen LogP) is 10.5. The van der Waals surface area contributed by atoms with Crippen molar-refractivity contribution in [1.82, 2.24) is 0 Å². The van der Waals surface area contributed by atoms with Gasteiger partial charge in [-0.15, -0.1) is 0 Å². The molecule has 0 saturated heterocycles. The highest BCUT2D eigenvalue weighted by molar-refractivity contribution is 7.47. The summed E-state index contributed by atoms with van der Waals surface area (Å²) in [5, 5.41) is 30.6. The number of allylic oxidation sites excluding steroid dienone is 11. The lowest BCUT2D eigenvalue weighted by Crippen LogP contribution is -2.37. The number of quaternary nitrogens is 1. The molecule has 12 nitrogen and oxygen atoms in total. The van der Waals surface area contributed by atoms with Crippen molar-refractivity contribution >= 4 is 19.8 Å². The van der Waals surface area contributed by atoms with Crippen LogP contribution in [0, 0.1) is 0 Å². The summed E-state index contributed by atoms with van der Waals surface area (Å²) in [5.74, 6) is -1.14. The molecule has 1 unspecified atom stereocenters. The fourth-order valence-corrected chi connectivity index (χ4v) is 6.66. The molecule has 63 heavy (non-hydrogen) atoms. The number of nitrogens with zero attached hydrogens (tertiary/aromatic N) is 1. The van der Waals surface area contributed by atoms with Gasteiger partial charge in [0.1, 0.15) is 19.8 Å². The van der Waals surface area contributed by atoms with Gasteiger partial charge in [0.15, 0.2) is 6.10 Å². The molecule has 0 aromatic carbocycles. The lowest BCUT2D eigenvalue weighted by atomic mass is 10.1. The number of carbonyl (C=O) groups excluding carboxylic acids is 2. The lowest BCUT2D eigenvalue weighted by molar-refractivity contribution is -0.870. The van der Waals surface area contributed by atoms with Crippen LogP contribution in [0.3, 0.4) is 0 Å². The molecule has 5 atom stereocenters. The highest BCUT2D eigenvalue weighted by Gasteiger charge is 2.27. The van der Waals surface area contributed by atoms with Gasteiger partial charge in [-0.2, -0.15) is 0 Å². The lowest BCUT2D eigenvalue weighted by Gasteiger charge is -2.24. The van der Waals surface area contributed by atoms with Gasteiger partial charge >= 0.3 is 19.8 Å². The van der Waals surface area contributed by atoms with Gasteiger partial charge in [0.2, 0.25) is 0 Å². The number of carbonyl (C=O) groups is 2. The van der Waals surface area contributed by atoms with Crippen molar-refractivity contribution in [2.45, 2.75) is 173 Å². The Morgan fingerprint density at radius 2 is 1.21 bits per heavy atom. The molecule has 362 valence electrons. The maximum Gasteiger partial charge on any atom is 0.472 e. The van der Waals surface area contributed by atoms with Gasteiger partial charge < -0.3 is 34.2 Å². The number of hydrogen-bond donors (Lipinski definition) is 4. The van der Waals surface area contributed by atoms with Crippen molar-refractivity contribution in [1.29, 1.82) is 0 Å². The van der Waals surface area contributed by atoms with E-state index in [0.29, 0.717) is 23.9 Å². The summed E-state index contributed by atoms with van der Waals surface area (Å²) in [6.45, 7) is 3.78. The second-order valence-corrected chi connectivity index (χ2v) is 18.4. The maximum absolute atomic E-state index is 12.7. The van der Waals surface area contributed by atoms with E-state index in [0.717, 1.165) is 38.5 Å². The molecule has 0 saturated carbocycles. The maximum atomic E-state index is 12.7. The second-order valence-electron chi connectivity index (χ2n) is 17.0. The van der Waals surface area contributed by atoms with Crippen LogP contribution in [0.25, 0.3) is 0 Å². The van der Waals surface area contributed by atoms with Gasteiger partial charge in [0.05, 0.1) is 46.1 Å². The number of rotatable bonds is 41. The van der Waals surface area contributed by atoms with Gasteiger partial charge in [0.25, 0.3) is 0 Å². The molecule has 0 fully saturated rings. The van der Waals surface area contributed by atoms with E-state index in [1.54, 1.807) is 42.5 Å². The molecule has 0 bridgehead atoms. The SMILES string of the molecule is CC/C=C\C[C@H](O)/C=C/C=C/C=C\C=C/[C@@H](O)[C@H](O)CCCC(=O)O[C@H](COC(=O)CCCCCCCCCCC/C=C\C/C=C\CCCCC)COP(=O)(O)OCC[N+](C)(C)C. The molecule has 0 aliphatic heterocycles. The fraction of sp³-hybridized carbons (Fsp3) is 0.680. The van der Waals surface area contributed by atoms with Gasteiger partial charge in [-0.05, 0) is 64.2 Å². The second kappa shape index (κ2) is 40.6. The van der Waals surface area contributed by atoms with E-state index in [9.17, 15) is 34.4 Å². The molecule has 0 radical (unpaired) electrons. The van der Waals surface area contributed by atoms with Gasteiger partial charge in [0, 0.05) is 12.8 Å². The van der Waals surface area contributed by atoms with Crippen molar-refractivity contribution in [3.8, 4) is 0 Å². The van der Waals surface area contributed by atoms with E-state index in [1.165, 1.54) is 63.9 Å². The molecule has 0 aromatic rings. The number of esters is 2. The van der Waals surface area contributed by atoms with Crippen molar-refractivity contribution in [2.24, 2.45) is 0 Å². The molecule has 0 amide bonds. The van der Waals surface area contributed by atoms with Gasteiger partial charge in [-0.3, -0.25) is 18.6 Å². The van der Waals surface area contributed by atoms with Crippen molar-refractivity contribution in [3.05, 3.63) is 85.1 Å². The predicted molar refractivity (Wildman–Crippen MR) is 256 cm³/mol. The number of unbranched alkanes of at least 4 members (excludes halogenated alkanes) is 12. The summed E-state index contributed by atoms with van der Waals surface area (Å²) in [5.41, 5.74) is 0. The summed E-state index contributed by atoms with van der Waals surface area (Å²) in [6, 6.07) is 0. The van der Waals surface area contributed by atoms with E-state index in [2.05, 4.69) is 31.2 Å². The average molecular weight is 909 g/mol. The van der Waals surface area contributed by atoms with Crippen LogP contribution in [0.1, 0.15) is 149 Å². The van der Waals surface area contributed by atoms with E-state index < -0.39 is 50.8 Å². The Balaban J connectivity index is 4.63. The summed E-state index contributed by atoms with van der Waals surface area (Å²) in [7, 11) is 1.24. The van der Waals surface area contributed by atoms with E-state index >= 15 is 0 Å². The minimum Gasteiger partial charge on any atom is -0.462 e. The molecular weight excluding hydrogens is 822 g/mol. The Kier molecular flexibility index (Phi) is 38.7. The van der Waals surface area contributed by atoms with Crippen LogP contribution < -0.4 is 0 Å². The van der Waals surface area contributed by atoms with Crippen LogP contribution in [0.5, 0.6) is 0 Å². The minimum atomic E-state index is -4.48. The van der Waals surface area contributed by atoms with Crippen LogP contribution in [-0.4, -0.2) is 109 Å². The molecule has 13 heteroatoms. The highest BCUT2D eigenvalue weighted by Crippen LogP contribution is 2.43.